The molecule has 2 aromatic heterocycles. The minimum absolute atomic E-state index is 0.325. The summed E-state index contributed by atoms with van der Waals surface area (Å²) < 4.78 is 2.28. The first-order valence-corrected chi connectivity index (χ1v) is 8.27. The number of aromatic nitrogens is 3. The Morgan fingerprint density at radius 3 is 2.95 bits per heavy atom. The van der Waals surface area contributed by atoms with E-state index in [2.05, 4.69) is 35.0 Å². The first-order chi connectivity index (χ1) is 9.65. The van der Waals surface area contributed by atoms with Gasteiger partial charge in [0.05, 0.1) is 5.69 Å². The van der Waals surface area contributed by atoms with Crippen molar-refractivity contribution in [3.63, 3.8) is 0 Å². The van der Waals surface area contributed by atoms with Gasteiger partial charge in [0.1, 0.15) is 0 Å². The lowest BCUT2D eigenvalue weighted by molar-refractivity contribution is 0.322. The van der Waals surface area contributed by atoms with Gasteiger partial charge in [0, 0.05) is 29.9 Å². The molecule has 0 bridgehead atoms. The Morgan fingerprint density at radius 1 is 1.40 bits per heavy atom. The number of nitrogens with zero attached hydrogens (tertiary/aromatic N) is 3. The van der Waals surface area contributed by atoms with Gasteiger partial charge in [0.25, 0.3) is 0 Å². The Morgan fingerprint density at radius 2 is 2.25 bits per heavy atom. The van der Waals surface area contributed by atoms with Crippen molar-refractivity contribution in [1.29, 1.82) is 0 Å². The minimum atomic E-state index is 0.325. The molecule has 0 spiro atoms. The minimum Gasteiger partial charge on any atom is -0.328 e. The molecule has 0 amide bonds. The summed E-state index contributed by atoms with van der Waals surface area (Å²) in [5.74, 6) is 1.47. The summed E-state index contributed by atoms with van der Waals surface area (Å²) in [5.41, 5.74) is 7.27. The molecule has 2 N–H and O–H groups in total. The summed E-state index contributed by atoms with van der Waals surface area (Å²) >= 11 is 1.69. The van der Waals surface area contributed by atoms with E-state index in [1.54, 1.807) is 11.3 Å². The Hall–Kier alpha value is -1.20. The van der Waals surface area contributed by atoms with Crippen molar-refractivity contribution in [2.45, 2.75) is 57.5 Å². The molecule has 108 valence electrons. The van der Waals surface area contributed by atoms with Crippen LogP contribution in [0.3, 0.4) is 0 Å². The first kappa shape index (κ1) is 13.8. The fourth-order valence-electron chi connectivity index (χ4n) is 2.88. The number of nitrogens with two attached hydrogens (primary N) is 1. The molecule has 0 radical (unpaired) electrons. The molecule has 1 aliphatic rings. The van der Waals surface area contributed by atoms with E-state index in [4.69, 9.17) is 10.7 Å². The van der Waals surface area contributed by atoms with E-state index in [-0.39, 0.29) is 0 Å². The van der Waals surface area contributed by atoms with Gasteiger partial charge in [0.15, 0.2) is 10.8 Å². The van der Waals surface area contributed by atoms with E-state index in [0.717, 1.165) is 29.4 Å². The number of imidazole rings is 1. The smallest absolute Gasteiger partial charge is 0.169 e. The van der Waals surface area contributed by atoms with Crippen LogP contribution in [0.1, 0.15) is 57.2 Å². The fourth-order valence-corrected chi connectivity index (χ4v) is 3.86. The third-order valence-electron chi connectivity index (χ3n) is 4.05. The van der Waals surface area contributed by atoms with Crippen molar-refractivity contribution in [1.82, 2.24) is 14.5 Å². The molecule has 3 rings (SSSR count). The van der Waals surface area contributed by atoms with E-state index < -0.39 is 0 Å². The summed E-state index contributed by atoms with van der Waals surface area (Å²) in [4.78, 5) is 9.26. The lowest BCUT2D eigenvalue weighted by Gasteiger charge is -2.28. The van der Waals surface area contributed by atoms with Crippen LogP contribution in [-0.4, -0.2) is 20.6 Å². The molecule has 1 saturated carbocycles. The summed E-state index contributed by atoms with van der Waals surface area (Å²) in [5, 5.41) is 3.17. The highest BCUT2D eigenvalue weighted by atomic mass is 32.1. The maximum absolute atomic E-state index is 6.12. The quantitative estimate of drug-likeness (QED) is 0.940. The lowest BCUT2D eigenvalue weighted by Crippen LogP contribution is -2.29. The van der Waals surface area contributed by atoms with Crippen LogP contribution in [0.15, 0.2) is 17.8 Å². The van der Waals surface area contributed by atoms with E-state index in [1.165, 1.54) is 12.8 Å². The highest BCUT2D eigenvalue weighted by Crippen LogP contribution is 2.33. The van der Waals surface area contributed by atoms with Crippen LogP contribution in [-0.2, 0) is 0 Å². The first-order valence-electron chi connectivity index (χ1n) is 7.39. The third-order valence-corrected chi connectivity index (χ3v) is 4.91. The van der Waals surface area contributed by atoms with Gasteiger partial charge in [0.2, 0.25) is 0 Å². The van der Waals surface area contributed by atoms with Gasteiger partial charge in [-0.25, -0.2) is 9.97 Å². The summed E-state index contributed by atoms with van der Waals surface area (Å²) in [6, 6.07) is 0.800. The van der Waals surface area contributed by atoms with Crippen LogP contribution in [0, 0.1) is 0 Å². The SMILES string of the molecule is CC(C)c1csc(-c2nccn2[C@@H]2CCC[C@@H](N)C2)n1. The molecular weight excluding hydrogens is 268 g/mol. The highest BCUT2D eigenvalue weighted by Gasteiger charge is 2.23. The van der Waals surface area contributed by atoms with Gasteiger partial charge in [-0.2, -0.15) is 0 Å². The van der Waals surface area contributed by atoms with Gasteiger partial charge in [-0.15, -0.1) is 11.3 Å². The third kappa shape index (κ3) is 2.65. The van der Waals surface area contributed by atoms with Crippen LogP contribution < -0.4 is 5.73 Å². The van der Waals surface area contributed by atoms with Crippen molar-refractivity contribution >= 4 is 11.3 Å². The molecule has 0 saturated heterocycles. The molecule has 5 heteroatoms. The Kier molecular flexibility index (Phi) is 3.89. The van der Waals surface area contributed by atoms with Crippen molar-refractivity contribution in [2.24, 2.45) is 5.73 Å². The van der Waals surface area contributed by atoms with Crippen LogP contribution in [0.5, 0.6) is 0 Å². The molecule has 2 heterocycles. The van der Waals surface area contributed by atoms with Gasteiger partial charge < -0.3 is 10.3 Å². The molecule has 0 aliphatic heterocycles. The second kappa shape index (κ2) is 5.66. The second-order valence-corrected chi connectivity index (χ2v) is 6.83. The Balaban J connectivity index is 1.89. The lowest BCUT2D eigenvalue weighted by atomic mass is 9.91. The largest absolute Gasteiger partial charge is 0.328 e. The molecule has 20 heavy (non-hydrogen) atoms. The molecule has 2 atom stereocenters. The van der Waals surface area contributed by atoms with Gasteiger partial charge >= 0.3 is 0 Å². The average Bonchev–Trinajstić information content (AvgIpc) is 3.07. The summed E-state index contributed by atoms with van der Waals surface area (Å²) in [7, 11) is 0. The highest BCUT2D eigenvalue weighted by molar-refractivity contribution is 7.13. The maximum Gasteiger partial charge on any atom is 0.169 e. The second-order valence-electron chi connectivity index (χ2n) is 5.97. The zero-order valence-electron chi connectivity index (χ0n) is 12.1. The van der Waals surface area contributed by atoms with E-state index in [0.29, 0.717) is 18.0 Å². The average molecular weight is 290 g/mol. The van der Waals surface area contributed by atoms with Gasteiger partial charge in [-0.3, -0.25) is 0 Å². The van der Waals surface area contributed by atoms with Crippen molar-refractivity contribution < 1.29 is 0 Å². The number of hydrogen-bond acceptors (Lipinski definition) is 4. The zero-order chi connectivity index (χ0) is 14.1. The molecule has 0 unspecified atom stereocenters. The normalized spacial score (nSPS) is 23.4. The van der Waals surface area contributed by atoms with E-state index in [9.17, 15) is 0 Å². The molecule has 4 nitrogen and oxygen atoms in total. The van der Waals surface area contributed by atoms with Crippen molar-refractivity contribution in [2.75, 3.05) is 0 Å². The monoisotopic (exact) mass is 290 g/mol. The van der Waals surface area contributed by atoms with Crippen molar-refractivity contribution in [3.05, 3.63) is 23.5 Å². The summed E-state index contributed by atoms with van der Waals surface area (Å²) in [6.45, 7) is 4.34. The van der Waals surface area contributed by atoms with Crippen LogP contribution in [0.2, 0.25) is 0 Å². The topological polar surface area (TPSA) is 56.7 Å². The van der Waals surface area contributed by atoms with Crippen LogP contribution in [0.4, 0.5) is 0 Å². The molecule has 2 aromatic rings. The van der Waals surface area contributed by atoms with E-state index in [1.807, 2.05) is 6.20 Å². The number of hydrogen-bond donors (Lipinski definition) is 1. The van der Waals surface area contributed by atoms with E-state index >= 15 is 0 Å². The Labute approximate surface area is 124 Å². The van der Waals surface area contributed by atoms with Crippen molar-refractivity contribution in [3.8, 4) is 10.8 Å². The fraction of sp³-hybridized carbons (Fsp3) is 0.600. The molecule has 1 aliphatic carbocycles. The molecular formula is C15H22N4S. The molecule has 1 fully saturated rings. The van der Waals surface area contributed by atoms with Crippen LogP contribution in [0.25, 0.3) is 10.8 Å². The van der Waals surface area contributed by atoms with Crippen LogP contribution >= 0.6 is 11.3 Å². The van der Waals surface area contributed by atoms with Gasteiger partial charge in [-0.05, 0) is 31.6 Å². The Bertz CT molecular complexity index is 572. The summed E-state index contributed by atoms with van der Waals surface area (Å²) in [6.07, 6.45) is 8.56. The maximum atomic E-state index is 6.12. The standard InChI is InChI=1S/C15H22N4S/c1-10(2)13-9-20-15(18-13)14-17-6-7-19(14)12-5-3-4-11(16)8-12/h6-7,9-12H,3-5,8,16H2,1-2H3/t11-,12-/m1/s1. The predicted molar refractivity (Wildman–Crippen MR) is 82.9 cm³/mol. The predicted octanol–water partition coefficient (Wildman–Crippen LogP) is 3.57. The number of thiazole rings is 1. The zero-order valence-corrected chi connectivity index (χ0v) is 12.9. The number of rotatable bonds is 3. The molecule has 0 aromatic carbocycles. The van der Waals surface area contributed by atoms with Gasteiger partial charge in [-0.1, -0.05) is 13.8 Å².